The van der Waals surface area contributed by atoms with Crippen molar-refractivity contribution >= 4 is 9.31 Å². The quantitative estimate of drug-likeness (QED) is 0.328. The first-order valence-electron chi connectivity index (χ1n) is 1.56. The molecule has 0 bridgehead atoms. The van der Waals surface area contributed by atoms with Crippen molar-refractivity contribution in [3.8, 4) is 0 Å². The van der Waals surface area contributed by atoms with Crippen molar-refractivity contribution in [3.05, 3.63) is 12.7 Å². The molecule has 0 radical (unpaired) electrons. The molecule has 2 N–H and O–H groups in total. The Morgan fingerprint density at radius 1 is 2.00 bits per heavy atom. The fourth-order valence-corrected chi connectivity index (χ4v) is 0.289. The third-order valence-corrected chi connectivity index (χ3v) is 0.908. The van der Waals surface area contributed by atoms with E-state index in [2.05, 4.69) is 6.58 Å². The van der Waals surface area contributed by atoms with Gasteiger partial charge in [0.2, 0.25) is 0 Å². The smallest absolute Gasteiger partial charge is 0.322 e. The van der Waals surface area contributed by atoms with Gasteiger partial charge in [-0.15, -0.1) is 6.58 Å². The Morgan fingerprint density at radius 3 is 2.60 bits per heavy atom. The van der Waals surface area contributed by atoms with Crippen LogP contribution in [0.15, 0.2) is 12.7 Å². The van der Waals surface area contributed by atoms with E-state index in [9.17, 15) is 0 Å². The van der Waals surface area contributed by atoms with Crippen molar-refractivity contribution in [2.24, 2.45) is 0 Å². The van der Waals surface area contributed by atoms with E-state index in [1.807, 2.05) is 6.08 Å². The van der Waals surface area contributed by atoms with Gasteiger partial charge in [-0.05, 0) is 0 Å². The summed E-state index contributed by atoms with van der Waals surface area (Å²) in [5.74, 6) is 0. The summed E-state index contributed by atoms with van der Waals surface area (Å²) in [6.07, 6.45) is 1.84. The van der Waals surface area contributed by atoms with E-state index in [4.69, 9.17) is 5.05 Å². The summed E-state index contributed by atoms with van der Waals surface area (Å²) in [5.41, 5.74) is 0. The number of nitrogens with two attached hydrogens (primary N) is 1. The van der Waals surface area contributed by atoms with Crippen LogP contribution < -0.4 is 5.05 Å². The van der Waals surface area contributed by atoms with Crippen LogP contribution in [0.2, 0.25) is 6.04 Å². The first-order chi connectivity index (χ1) is 2.41. The highest BCUT2D eigenvalue weighted by molar-refractivity contribution is 6.16. The summed E-state index contributed by atoms with van der Waals surface area (Å²) in [6, 6.07) is 1.01. The molecule has 0 saturated carbocycles. The lowest BCUT2D eigenvalue weighted by Gasteiger charge is -1.55. The molecule has 0 aromatic heterocycles. The van der Waals surface area contributed by atoms with Gasteiger partial charge in [0.15, 0.2) is 0 Å². The SMILES string of the molecule is C=CC[SiH]=[NH2+]. The van der Waals surface area contributed by atoms with Crippen LogP contribution in [0, 0.1) is 0 Å². The number of hydrogen-bond acceptors (Lipinski definition) is 0. The van der Waals surface area contributed by atoms with E-state index in [0.29, 0.717) is 0 Å². The van der Waals surface area contributed by atoms with Gasteiger partial charge in [0.1, 0.15) is 0 Å². The zero-order chi connectivity index (χ0) is 4.12. The number of hydrogen-bond donors (Lipinski definition) is 1. The monoisotopic (exact) mass is 86.0 g/mol. The second-order valence-corrected chi connectivity index (χ2v) is 1.70. The molecule has 28 valence electrons. The molecule has 0 rings (SSSR count). The summed E-state index contributed by atoms with van der Waals surface area (Å²) < 4.78 is 0. The number of allylic oxidation sites excluding steroid dienone is 1. The standard InChI is InChI=1S/C3H8NSi/c1-2-3-5-4/h2,5H,1,3-4H2/q+1. The molecule has 0 spiro atoms. The van der Waals surface area contributed by atoms with Crippen LogP contribution in [0.1, 0.15) is 0 Å². The topological polar surface area (TPSA) is 25.6 Å². The van der Waals surface area contributed by atoms with Gasteiger partial charge in [-0.1, -0.05) is 6.08 Å². The molecule has 0 unspecified atom stereocenters. The van der Waals surface area contributed by atoms with E-state index >= 15 is 0 Å². The fourth-order valence-electron chi connectivity index (χ4n) is 0.0962. The van der Waals surface area contributed by atoms with Crippen molar-refractivity contribution < 1.29 is 5.05 Å². The third kappa shape index (κ3) is 3.76. The Balaban J connectivity index is 2.65. The molecule has 0 fully saturated rings. The van der Waals surface area contributed by atoms with Crippen LogP contribution in [0.4, 0.5) is 0 Å². The Morgan fingerprint density at radius 2 is 2.60 bits per heavy atom. The van der Waals surface area contributed by atoms with Crippen LogP contribution in [0.3, 0.4) is 0 Å². The molecule has 0 atom stereocenters. The molecule has 0 aliphatic heterocycles. The van der Waals surface area contributed by atoms with E-state index in [-0.39, 0.29) is 9.31 Å². The van der Waals surface area contributed by atoms with Crippen LogP contribution in [0.25, 0.3) is 0 Å². The maximum absolute atomic E-state index is 5.15. The highest BCUT2D eigenvalue weighted by atomic mass is 28.2. The predicted molar refractivity (Wildman–Crippen MR) is 24.1 cm³/mol. The van der Waals surface area contributed by atoms with Gasteiger partial charge in [-0.2, -0.15) is 0 Å². The minimum absolute atomic E-state index is 0.168. The van der Waals surface area contributed by atoms with Crippen LogP contribution >= 0.6 is 0 Å². The second kappa shape index (κ2) is 3.76. The zero-order valence-corrected chi connectivity index (χ0v) is 4.30. The van der Waals surface area contributed by atoms with Gasteiger partial charge in [0.05, 0.1) is 0 Å². The van der Waals surface area contributed by atoms with Gasteiger partial charge in [0, 0.05) is 6.04 Å². The molecule has 0 heterocycles. The van der Waals surface area contributed by atoms with E-state index in [1.165, 1.54) is 0 Å². The molecule has 0 aromatic carbocycles. The average molecular weight is 86.2 g/mol. The highest BCUT2D eigenvalue weighted by Crippen LogP contribution is 1.63. The summed E-state index contributed by atoms with van der Waals surface area (Å²) in [6.45, 7) is 3.49. The van der Waals surface area contributed by atoms with Gasteiger partial charge >= 0.3 is 9.31 Å². The molecule has 2 heteroatoms. The maximum Gasteiger partial charge on any atom is 0.322 e. The first-order valence-corrected chi connectivity index (χ1v) is 3.04. The maximum atomic E-state index is 5.15. The molecule has 0 aliphatic rings. The average Bonchev–Trinajstić information content (AvgIpc) is 1.41. The molecule has 0 saturated heterocycles. The lowest BCUT2D eigenvalue weighted by Crippen LogP contribution is -2.30. The van der Waals surface area contributed by atoms with Gasteiger partial charge in [-0.3, -0.25) is 0 Å². The largest absolute Gasteiger partial charge is 0.343 e. The molecule has 1 nitrogen and oxygen atoms in total. The van der Waals surface area contributed by atoms with Crippen molar-refractivity contribution in [3.63, 3.8) is 0 Å². The third-order valence-electron chi connectivity index (χ3n) is 0.303. The van der Waals surface area contributed by atoms with Crippen molar-refractivity contribution in [1.82, 2.24) is 0 Å². The minimum Gasteiger partial charge on any atom is -0.343 e. The lowest BCUT2D eigenvalue weighted by atomic mass is 10.8. The first kappa shape index (κ1) is 4.76. The van der Waals surface area contributed by atoms with Gasteiger partial charge in [0.25, 0.3) is 0 Å². The molecular formula is C3H8NSi+. The van der Waals surface area contributed by atoms with E-state index in [0.717, 1.165) is 6.04 Å². The Hall–Kier alpha value is -0.243. The Bertz CT molecular complexity index is 36.2. The summed E-state index contributed by atoms with van der Waals surface area (Å²) in [4.78, 5) is 0. The van der Waals surface area contributed by atoms with E-state index < -0.39 is 0 Å². The molecule has 0 amide bonds. The summed E-state index contributed by atoms with van der Waals surface area (Å²) >= 11 is 0. The normalized spacial score (nSPS) is 6.40. The van der Waals surface area contributed by atoms with Gasteiger partial charge in [-0.25, -0.2) is 0 Å². The van der Waals surface area contributed by atoms with Crippen molar-refractivity contribution in [2.75, 3.05) is 0 Å². The zero-order valence-electron chi connectivity index (χ0n) is 3.15. The molecule has 0 aliphatic carbocycles. The lowest BCUT2D eigenvalue weighted by molar-refractivity contribution is -0.0917. The predicted octanol–water partition coefficient (Wildman–Crippen LogP) is -1.03. The minimum atomic E-state index is 0.168. The van der Waals surface area contributed by atoms with Crippen molar-refractivity contribution in [1.29, 1.82) is 0 Å². The highest BCUT2D eigenvalue weighted by Gasteiger charge is 1.65. The van der Waals surface area contributed by atoms with Gasteiger partial charge < -0.3 is 5.05 Å². The Labute approximate surface area is 34.1 Å². The Kier molecular flexibility index (Phi) is 3.57. The molecule has 5 heavy (non-hydrogen) atoms. The van der Waals surface area contributed by atoms with Crippen LogP contribution in [-0.4, -0.2) is 9.31 Å². The second-order valence-electron chi connectivity index (χ2n) is 0.760. The van der Waals surface area contributed by atoms with Crippen LogP contribution in [0.5, 0.6) is 0 Å². The molecule has 0 aromatic rings. The van der Waals surface area contributed by atoms with Crippen molar-refractivity contribution in [2.45, 2.75) is 6.04 Å². The summed E-state index contributed by atoms with van der Waals surface area (Å²) in [5, 5.41) is 5.15. The summed E-state index contributed by atoms with van der Waals surface area (Å²) in [7, 11) is 0.168. The van der Waals surface area contributed by atoms with Crippen LogP contribution in [-0.2, 0) is 0 Å². The molecular weight excluding hydrogens is 78.1 g/mol. The fraction of sp³-hybridized carbons (Fsp3) is 0.333. The number of rotatable bonds is 2. The van der Waals surface area contributed by atoms with E-state index in [1.54, 1.807) is 0 Å².